The molecule has 1 amide bonds. The Hall–Kier alpha value is -1.40. The highest BCUT2D eigenvalue weighted by Crippen LogP contribution is 2.32. The fourth-order valence-electron chi connectivity index (χ4n) is 1.87. The minimum atomic E-state index is -0.250. The molecule has 0 fully saturated rings. The van der Waals surface area contributed by atoms with E-state index in [9.17, 15) is 4.79 Å². The van der Waals surface area contributed by atoms with E-state index in [0.717, 1.165) is 26.7 Å². The number of aryl methyl sites for hydroxylation is 1. The van der Waals surface area contributed by atoms with E-state index in [1.807, 2.05) is 32.0 Å². The number of halogens is 2. The van der Waals surface area contributed by atoms with Gasteiger partial charge in [-0.3, -0.25) is 9.78 Å². The van der Waals surface area contributed by atoms with E-state index < -0.39 is 0 Å². The molecule has 1 aromatic carbocycles. The molecular formula is C15H15Br2N3O. The number of rotatable bonds is 4. The summed E-state index contributed by atoms with van der Waals surface area (Å²) >= 11 is 6.92. The van der Waals surface area contributed by atoms with Gasteiger partial charge in [-0.2, -0.15) is 0 Å². The molecule has 1 aromatic heterocycles. The van der Waals surface area contributed by atoms with Crippen LogP contribution in [0.25, 0.3) is 0 Å². The van der Waals surface area contributed by atoms with E-state index in [2.05, 4.69) is 47.5 Å². The lowest BCUT2D eigenvalue weighted by Gasteiger charge is -2.11. The van der Waals surface area contributed by atoms with Crippen LogP contribution in [0, 0.1) is 6.92 Å². The van der Waals surface area contributed by atoms with Gasteiger partial charge in [0.05, 0.1) is 5.69 Å². The maximum atomic E-state index is 12.3. The van der Waals surface area contributed by atoms with Gasteiger partial charge in [0.25, 0.3) is 5.91 Å². The average Bonchev–Trinajstić information content (AvgIpc) is 2.43. The van der Waals surface area contributed by atoms with Gasteiger partial charge in [-0.15, -0.1) is 0 Å². The molecule has 0 unspecified atom stereocenters. The Balaban J connectivity index is 2.24. The fourth-order valence-corrected chi connectivity index (χ4v) is 3.48. The first kappa shape index (κ1) is 16.0. The van der Waals surface area contributed by atoms with Crippen molar-refractivity contribution in [3.8, 4) is 0 Å². The third-order valence-electron chi connectivity index (χ3n) is 2.80. The molecule has 0 saturated carbocycles. The maximum Gasteiger partial charge on any atom is 0.274 e. The van der Waals surface area contributed by atoms with Gasteiger partial charge < -0.3 is 10.6 Å². The lowest BCUT2D eigenvalue weighted by Crippen LogP contribution is -2.15. The van der Waals surface area contributed by atoms with Gasteiger partial charge in [0.2, 0.25) is 0 Å². The van der Waals surface area contributed by atoms with Crippen molar-refractivity contribution in [2.24, 2.45) is 0 Å². The second kappa shape index (κ2) is 7.04. The van der Waals surface area contributed by atoms with Gasteiger partial charge >= 0.3 is 0 Å². The molecule has 0 radical (unpaired) electrons. The molecule has 21 heavy (non-hydrogen) atoms. The van der Waals surface area contributed by atoms with Crippen LogP contribution in [0.3, 0.4) is 0 Å². The molecule has 0 bridgehead atoms. The van der Waals surface area contributed by atoms with Crippen molar-refractivity contribution in [3.05, 3.63) is 50.7 Å². The Morgan fingerprint density at radius 2 is 1.90 bits per heavy atom. The molecule has 6 heteroatoms. The number of aromatic nitrogens is 1. The minimum absolute atomic E-state index is 0.250. The molecule has 0 aliphatic rings. The third-order valence-corrected chi connectivity index (χ3v) is 4.05. The zero-order valence-electron chi connectivity index (χ0n) is 11.7. The van der Waals surface area contributed by atoms with Crippen molar-refractivity contribution < 1.29 is 4.79 Å². The Morgan fingerprint density at radius 1 is 1.24 bits per heavy atom. The molecule has 2 aromatic rings. The third kappa shape index (κ3) is 4.04. The molecule has 0 atom stereocenters. The maximum absolute atomic E-state index is 12.3. The molecule has 0 aliphatic carbocycles. The van der Waals surface area contributed by atoms with E-state index in [1.54, 1.807) is 12.3 Å². The van der Waals surface area contributed by atoms with Crippen LogP contribution in [-0.4, -0.2) is 17.4 Å². The molecule has 2 rings (SSSR count). The summed E-state index contributed by atoms with van der Waals surface area (Å²) in [7, 11) is 0. The van der Waals surface area contributed by atoms with Gasteiger partial charge in [0, 0.05) is 27.4 Å². The van der Waals surface area contributed by atoms with Crippen molar-refractivity contribution in [1.29, 1.82) is 0 Å². The molecule has 0 spiro atoms. The Labute approximate surface area is 140 Å². The van der Waals surface area contributed by atoms with Crippen LogP contribution in [0.5, 0.6) is 0 Å². The molecule has 1 heterocycles. The molecule has 0 aliphatic heterocycles. The lowest BCUT2D eigenvalue weighted by atomic mass is 10.2. The van der Waals surface area contributed by atoms with E-state index in [1.165, 1.54) is 0 Å². The van der Waals surface area contributed by atoms with Gasteiger partial charge in [0.15, 0.2) is 0 Å². The first-order valence-corrected chi connectivity index (χ1v) is 8.06. The second-order valence-electron chi connectivity index (χ2n) is 4.52. The van der Waals surface area contributed by atoms with E-state index in [-0.39, 0.29) is 5.91 Å². The van der Waals surface area contributed by atoms with E-state index in [4.69, 9.17) is 0 Å². The number of hydrogen-bond donors (Lipinski definition) is 2. The van der Waals surface area contributed by atoms with Crippen LogP contribution >= 0.6 is 31.9 Å². The monoisotopic (exact) mass is 411 g/mol. The Kier molecular flexibility index (Phi) is 5.36. The number of pyridine rings is 1. The SMILES string of the molecule is CCNc1ccnc(C(=O)Nc2c(Br)cc(C)cc2Br)c1. The fraction of sp³-hybridized carbons (Fsp3) is 0.200. The smallest absolute Gasteiger partial charge is 0.274 e. The summed E-state index contributed by atoms with van der Waals surface area (Å²) in [5.41, 5.74) is 3.03. The molecular weight excluding hydrogens is 398 g/mol. The van der Waals surface area contributed by atoms with E-state index >= 15 is 0 Å². The van der Waals surface area contributed by atoms with Gasteiger partial charge in [-0.05, 0) is 75.5 Å². The number of nitrogens with zero attached hydrogens (tertiary/aromatic N) is 1. The quantitative estimate of drug-likeness (QED) is 0.771. The van der Waals surface area contributed by atoms with Crippen LogP contribution in [0.15, 0.2) is 39.4 Å². The Morgan fingerprint density at radius 3 is 2.52 bits per heavy atom. The summed E-state index contributed by atoms with van der Waals surface area (Å²) in [6.45, 7) is 4.78. The number of nitrogens with one attached hydrogen (secondary N) is 2. The second-order valence-corrected chi connectivity index (χ2v) is 6.23. The van der Waals surface area contributed by atoms with E-state index in [0.29, 0.717) is 11.4 Å². The van der Waals surface area contributed by atoms with Gasteiger partial charge in [-0.25, -0.2) is 0 Å². The number of hydrogen-bond acceptors (Lipinski definition) is 3. The topological polar surface area (TPSA) is 54.0 Å². The van der Waals surface area contributed by atoms with Crippen LogP contribution in [0.4, 0.5) is 11.4 Å². The molecule has 110 valence electrons. The average molecular weight is 413 g/mol. The van der Waals surface area contributed by atoms with Crippen LogP contribution in [0.1, 0.15) is 23.0 Å². The highest BCUT2D eigenvalue weighted by Gasteiger charge is 2.13. The number of carbonyl (C=O) groups is 1. The first-order valence-electron chi connectivity index (χ1n) is 6.48. The summed E-state index contributed by atoms with van der Waals surface area (Å²) in [5.74, 6) is -0.250. The lowest BCUT2D eigenvalue weighted by molar-refractivity contribution is 0.102. The largest absolute Gasteiger partial charge is 0.385 e. The first-order chi connectivity index (χ1) is 10.0. The molecule has 4 nitrogen and oxygen atoms in total. The van der Waals surface area contributed by atoms with Crippen LogP contribution < -0.4 is 10.6 Å². The highest BCUT2D eigenvalue weighted by molar-refractivity contribution is 9.11. The normalized spacial score (nSPS) is 10.3. The van der Waals surface area contributed by atoms with Gasteiger partial charge in [0.1, 0.15) is 5.69 Å². The predicted octanol–water partition coefficient (Wildman–Crippen LogP) is 4.60. The van der Waals surface area contributed by atoms with Gasteiger partial charge in [-0.1, -0.05) is 0 Å². The number of amides is 1. The summed E-state index contributed by atoms with van der Waals surface area (Å²) in [5, 5.41) is 6.03. The van der Waals surface area contributed by atoms with Crippen molar-refractivity contribution in [2.45, 2.75) is 13.8 Å². The summed E-state index contributed by atoms with van der Waals surface area (Å²) < 4.78 is 1.65. The number of benzene rings is 1. The van der Waals surface area contributed by atoms with Crippen molar-refractivity contribution in [1.82, 2.24) is 4.98 Å². The Bertz CT molecular complexity index is 651. The molecule has 2 N–H and O–H groups in total. The summed E-state index contributed by atoms with van der Waals surface area (Å²) in [6, 6.07) is 7.46. The standard InChI is InChI=1S/C15H15Br2N3O/c1-3-18-10-4-5-19-13(8-10)15(21)20-14-11(16)6-9(2)7-12(14)17/h4-8H,3H2,1-2H3,(H,18,19)(H,20,21). The highest BCUT2D eigenvalue weighted by atomic mass is 79.9. The summed E-state index contributed by atoms with van der Waals surface area (Å²) in [4.78, 5) is 16.4. The predicted molar refractivity (Wildman–Crippen MR) is 92.9 cm³/mol. The van der Waals surface area contributed by atoms with Crippen molar-refractivity contribution in [2.75, 3.05) is 17.2 Å². The zero-order chi connectivity index (χ0) is 15.4. The summed E-state index contributed by atoms with van der Waals surface area (Å²) in [6.07, 6.45) is 1.62. The van der Waals surface area contributed by atoms with Crippen molar-refractivity contribution in [3.63, 3.8) is 0 Å². The zero-order valence-corrected chi connectivity index (χ0v) is 14.9. The molecule has 0 saturated heterocycles. The number of anilines is 2. The minimum Gasteiger partial charge on any atom is -0.385 e. The van der Waals surface area contributed by atoms with Crippen molar-refractivity contribution >= 4 is 49.1 Å². The van der Waals surface area contributed by atoms with Crippen LogP contribution in [-0.2, 0) is 0 Å². The van der Waals surface area contributed by atoms with Crippen LogP contribution in [0.2, 0.25) is 0 Å². The number of carbonyl (C=O) groups excluding carboxylic acids is 1.